The van der Waals surface area contributed by atoms with Crippen LogP contribution in [0.5, 0.6) is 0 Å². The van der Waals surface area contributed by atoms with Crippen LogP contribution in [0.15, 0.2) is 60.7 Å². The highest BCUT2D eigenvalue weighted by molar-refractivity contribution is 5.85. The van der Waals surface area contributed by atoms with E-state index in [9.17, 15) is 8.78 Å². The fourth-order valence-corrected chi connectivity index (χ4v) is 2.79. The largest absolute Gasteiger partial charge is 0.387 e. The van der Waals surface area contributed by atoms with Crippen LogP contribution in [0.2, 0.25) is 0 Å². The summed E-state index contributed by atoms with van der Waals surface area (Å²) in [5, 5.41) is 3.21. The van der Waals surface area contributed by atoms with Crippen molar-refractivity contribution in [3.63, 3.8) is 0 Å². The molecule has 0 saturated heterocycles. The van der Waals surface area contributed by atoms with Crippen molar-refractivity contribution >= 4 is 5.69 Å². The van der Waals surface area contributed by atoms with Gasteiger partial charge in [-0.2, -0.15) is 0 Å². The number of benzene rings is 3. The quantitative estimate of drug-likeness (QED) is 0.659. The number of rotatable bonds is 3. The first-order valence-electron chi connectivity index (χ1n) is 7.43. The summed E-state index contributed by atoms with van der Waals surface area (Å²) in [4.78, 5) is 0. The molecule has 0 amide bonds. The summed E-state index contributed by atoms with van der Waals surface area (Å²) >= 11 is 0. The lowest BCUT2D eigenvalue weighted by atomic mass is 9.94. The molecule has 0 bridgehead atoms. The second kappa shape index (κ2) is 6.21. The summed E-state index contributed by atoms with van der Waals surface area (Å²) in [6, 6.07) is 17.0. The molecule has 0 saturated carbocycles. The summed E-state index contributed by atoms with van der Waals surface area (Å²) in [6.45, 7) is 2.02. The van der Waals surface area contributed by atoms with Gasteiger partial charge in [-0.25, -0.2) is 8.78 Å². The van der Waals surface area contributed by atoms with Gasteiger partial charge in [0.15, 0.2) is 0 Å². The Morgan fingerprint density at radius 3 is 1.74 bits per heavy atom. The van der Waals surface area contributed by atoms with E-state index in [0.717, 1.165) is 33.5 Å². The van der Waals surface area contributed by atoms with E-state index in [0.29, 0.717) is 0 Å². The Kier molecular flexibility index (Phi) is 4.11. The fourth-order valence-electron chi connectivity index (χ4n) is 2.79. The van der Waals surface area contributed by atoms with E-state index >= 15 is 0 Å². The highest BCUT2D eigenvalue weighted by atomic mass is 19.1. The van der Waals surface area contributed by atoms with Gasteiger partial charge in [-0.1, -0.05) is 24.3 Å². The minimum absolute atomic E-state index is 0.254. The molecule has 0 fully saturated rings. The zero-order chi connectivity index (χ0) is 16.4. The van der Waals surface area contributed by atoms with E-state index in [2.05, 4.69) is 11.4 Å². The molecule has 0 aliphatic heterocycles. The van der Waals surface area contributed by atoms with Crippen molar-refractivity contribution in [2.75, 3.05) is 12.4 Å². The number of hydrogen-bond donors (Lipinski definition) is 1. The molecule has 0 radical (unpaired) electrons. The van der Waals surface area contributed by atoms with Crippen LogP contribution in [0.1, 0.15) is 5.56 Å². The Morgan fingerprint density at radius 1 is 0.696 bits per heavy atom. The van der Waals surface area contributed by atoms with E-state index in [1.807, 2.05) is 20.0 Å². The molecular weight excluding hydrogens is 292 g/mol. The Balaban J connectivity index is 2.17. The number of nitrogens with one attached hydrogen (secondary N) is 1. The smallest absolute Gasteiger partial charge is 0.123 e. The van der Waals surface area contributed by atoms with Crippen molar-refractivity contribution in [2.45, 2.75) is 6.92 Å². The molecular formula is C20H17F2N. The molecule has 0 atom stereocenters. The molecule has 0 aliphatic rings. The maximum Gasteiger partial charge on any atom is 0.123 e. The number of aryl methyl sites for hydroxylation is 1. The van der Waals surface area contributed by atoms with Gasteiger partial charge in [0, 0.05) is 18.3 Å². The molecule has 0 spiro atoms. The number of hydrogen-bond acceptors (Lipinski definition) is 1. The number of halogens is 2. The van der Waals surface area contributed by atoms with Crippen molar-refractivity contribution in [1.29, 1.82) is 0 Å². The third-order valence-corrected chi connectivity index (χ3v) is 3.92. The molecule has 3 rings (SSSR count). The molecule has 3 heteroatoms. The van der Waals surface area contributed by atoms with Crippen LogP contribution in [0.3, 0.4) is 0 Å². The fraction of sp³-hybridized carbons (Fsp3) is 0.100. The van der Waals surface area contributed by atoms with E-state index in [-0.39, 0.29) is 11.6 Å². The molecule has 1 nitrogen and oxygen atoms in total. The second-order valence-corrected chi connectivity index (χ2v) is 5.48. The topological polar surface area (TPSA) is 12.0 Å². The van der Waals surface area contributed by atoms with E-state index in [4.69, 9.17) is 0 Å². The summed E-state index contributed by atoms with van der Waals surface area (Å²) in [6.07, 6.45) is 0. The SMILES string of the molecule is CNc1c(C)cc(-c2ccc(F)cc2)cc1-c1ccc(F)cc1. The lowest BCUT2D eigenvalue weighted by Gasteiger charge is -2.15. The molecule has 23 heavy (non-hydrogen) atoms. The standard InChI is InChI=1S/C20H17F2N/c1-13-11-16(14-3-7-17(21)8-4-14)12-19(20(13)23-2)15-5-9-18(22)10-6-15/h3-12,23H,1-2H3. The van der Waals surface area contributed by atoms with E-state index in [1.54, 1.807) is 24.3 Å². The summed E-state index contributed by atoms with van der Waals surface area (Å²) < 4.78 is 26.3. The van der Waals surface area contributed by atoms with Gasteiger partial charge in [-0.05, 0) is 65.6 Å². The second-order valence-electron chi connectivity index (χ2n) is 5.48. The Hall–Kier alpha value is -2.68. The first kappa shape index (κ1) is 15.2. The lowest BCUT2D eigenvalue weighted by Crippen LogP contribution is -1.96. The molecule has 0 aliphatic carbocycles. The maximum absolute atomic E-state index is 13.2. The van der Waals surface area contributed by atoms with Gasteiger partial charge in [0.05, 0.1) is 0 Å². The molecule has 116 valence electrons. The number of anilines is 1. The lowest BCUT2D eigenvalue weighted by molar-refractivity contribution is 0.627. The average molecular weight is 309 g/mol. The van der Waals surface area contributed by atoms with Gasteiger partial charge in [0.1, 0.15) is 11.6 Å². The third kappa shape index (κ3) is 3.09. The minimum atomic E-state index is -0.258. The summed E-state index contributed by atoms with van der Waals surface area (Å²) in [5.41, 5.74) is 5.95. The summed E-state index contributed by atoms with van der Waals surface area (Å²) in [5.74, 6) is -0.512. The highest BCUT2D eigenvalue weighted by Crippen LogP contribution is 2.35. The van der Waals surface area contributed by atoms with Gasteiger partial charge >= 0.3 is 0 Å². The van der Waals surface area contributed by atoms with E-state index < -0.39 is 0 Å². The van der Waals surface area contributed by atoms with Gasteiger partial charge in [-0.3, -0.25) is 0 Å². The molecule has 3 aromatic carbocycles. The van der Waals surface area contributed by atoms with Crippen molar-refractivity contribution in [2.24, 2.45) is 0 Å². The highest BCUT2D eigenvalue weighted by Gasteiger charge is 2.11. The first-order chi connectivity index (χ1) is 11.1. The van der Waals surface area contributed by atoms with E-state index in [1.165, 1.54) is 24.3 Å². The van der Waals surface area contributed by atoms with Crippen LogP contribution in [-0.4, -0.2) is 7.05 Å². The van der Waals surface area contributed by atoms with Gasteiger partial charge in [-0.15, -0.1) is 0 Å². The van der Waals surface area contributed by atoms with Crippen LogP contribution in [0, 0.1) is 18.6 Å². The van der Waals surface area contributed by atoms with Crippen LogP contribution in [-0.2, 0) is 0 Å². The van der Waals surface area contributed by atoms with Gasteiger partial charge < -0.3 is 5.32 Å². The predicted octanol–water partition coefficient (Wildman–Crippen LogP) is 5.65. The van der Waals surface area contributed by atoms with Gasteiger partial charge in [0.2, 0.25) is 0 Å². The average Bonchev–Trinajstić information content (AvgIpc) is 2.55. The molecule has 3 aromatic rings. The van der Waals surface area contributed by atoms with Gasteiger partial charge in [0.25, 0.3) is 0 Å². The maximum atomic E-state index is 13.2. The Morgan fingerprint density at radius 2 is 1.22 bits per heavy atom. The monoisotopic (exact) mass is 309 g/mol. The zero-order valence-corrected chi connectivity index (χ0v) is 13.0. The van der Waals surface area contributed by atoms with Crippen molar-refractivity contribution in [3.8, 4) is 22.3 Å². The van der Waals surface area contributed by atoms with Crippen LogP contribution in [0.4, 0.5) is 14.5 Å². The molecule has 1 N–H and O–H groups in total. The third-order valence-electron chi connectivity index (χ3n) is 3.92. The van der Waals surface area contributed by atoms with Crippen LogP contribution in [0.25, 0.3) is 22.3 Å². The Bertz CT molecular complexity index is 822. The van der Waals surface area contributed by atoms with Crippen molar-refractivity contribution in [1.82, 2.24) is 0 Å². The first-order valence-corrected chi connectivity index (χ1v) is 7.43. The summed E-state index contributed by atoms with van der Waals surface area (Å²) in [7, 11) is 1.87. The van der Waals surface area contributed by atoms with Crippen LogP contribution >= 0.6 is 0 Å². The molecule has 0 heterocycles. The molecule has 0 aromatic heterocycles. The minimum Gasteiger partial charge on any atom is -0.387 e. The van der Waals surface area contributed by atoms with Crippen molar-refractivity contribution in [3.05, 3.63) is 77.9 Å². The van der Waals surface area contributed by atoms with Crippen molar-refractivity contribution < 1.29 is 8.78 Å². The van der Waals surface area contributed by atoms with Crippen LogP contribution < -0.4 is 5.32 Å². The Labute approximate surface area is 134 Å². The zero-order valence-electron chi connectivity index (χ0n) is 13.0. The molecule has 0 unspecified atom stereocenters. The normalized spacial score (nSPS) is 10.6. The predicted molar refractivity (Wildman–Crippen MR) is 91.5 cm³/mol.